The van der Waals surface area contributed by atoms with Gasteiger partial charge in [0.2, 0.25) is 0 Å². The van der Waals surface area contributed by atoms with E-state index in [-0.39, 0.29) is 5.82 Å². The van der Waals surface area contributed by atoms with E-state index in [4.69, 9.17) is 0 Å². The number of hydrogen-bond acceptors (Lipinski definition) is 2. The molecule has 0 amide bonds. The summed E-state index contributed by atoms with van der Waals surface area (Å²) >= 11 is 0. The Kier molecular flexibility index (Phi) is 7.03. The second-order valence-corrected chi connectivity index (χ2v) is 5.78. The van der Waals surface area contributed by atoms with Crippen LogP contribution >= 0.6 is 0 Å². The molecule has 0 aliphatic carbocycles. The number of halogens is 1. The molecule has 0 spiro atoms. The highest BCUT2D eigenvalue weighted by molar-refractivity contribution is 5.15. The van der Waals surface area contributed by atoms with Gasteiger partial charge >= 0.3 is 0 Å². The Morgan fingerprint density at radius 1 is 1.16 bits per heavy atom. The van der Waals surface area contributed by atoms with Crippen molar-refractivity contribution in [1.82, 2.24) is 10.2 Å². The third-order valence-corrected chi connectivity index (χ3v) is 3.44. The SMILES string of the molecule is CC(C)CCNCC(C)N(C)Cc1ccc(F)cc1. The first-order valence-corrected chi connectivity index (χ1v) is 7.14. The molecule has 0 aliphatic heterocycles. The van der Waals surface area contributed by atoms with Crippen molar-refractivity contribution in [2.24, 2.45) is 5.92 Å². The molecule has 1 unspecified atom stereocenters. The van der Waals surface area contributed by atoms with Crippen LogP contribution in [0.15, 0.2) is 24.3 Å². The fourth-order valence-electron chi connectivity index (χ4n) is 1.89. The van der Waals surface area contributed by atoms with E-state index in [2.05, 4.69) is 38.0 Å². The maximum atomic E-state index is 12.8. The number of nitrogens with zero attached hydrogens (tertiary/aromatic N) is 1. The van der Waals surface area contributed by atoms with Crippen molar-refractivity contribution < 1.29 is 4.39 Å². The van der Waals surface area contributed by atoms with Crippen LogP contribution in [0.4, 0.5) is 4.39 Å². The lowest BCUT2D eigenvalue weighted by atomic mass is 10.1. The topological polar surface area (TPSA) is 15.3 Å². The van der Waals surface area contributed by atoms with Gasteiger partial charge in [-0.15, -0.1) is 0 Å². The van der Waals surface area contributed by atoms with Crippen LogP contribution in [0, 0.1) is 11.7 Å². The summed E-state index contributed by atoms with van der Waals surface area (Å²) in [5.41, 5.74) is 1.15. The summed E-state index contributed by atoms with van der Waals surface area (Å²) in [5.74, 6) is 0.578. The Labute approximate surface area is 117 Å². The molecule has 1 aromatic rings. The highest BCUT2D eigenvalue weighted by Gasteiger charge is 2.09. The summed E-state index contributed by atoms with van der Waals surface area (Å²) in [6.45, 7) is 9.62. The molecule has 0 heterocycles. The standard InChI is InChI=1S/C16H27FN2/c1-13(2)9-10-18-11-14(3)19(4)12-15-5-7-16(17)8-6-15/h5-8,13-14,18H,9-12H2,1-4H3. The van der Waals surface area contributed by atoms with Crippen LogP contribution < -0.4 is 5.32 Å². The average Bonchev–Trinajstić information content (AvgIpc) is 2.36. The lowest BCUT2D eigenvalue weighted by molar-refractivity contribution is 0.242. The zero-order valence-corrected chi connectivity index (χ0v) is 12.6. The predicted octanol–water partition coefficient (Wildman–Crippen LogP) is 3.28. The number of nitrogens with one attached hydrogen (secondary N) is 1. The maximum absolute atomic E-state index is 12.8. The third kappa shape index (κ3) is 6.69. The maximum Gasteiger partial charge on any atom is 0.123 e. The minimum absolute atomic E-state index is 0.171. The normalized spacial score (nSPS) is 13.2. The van der Waals surface area contributed by atoms with Crippen molar-refractivity contribution in [1.29, 1.82) is 0 Å². The number of rotatable bonds is 8. The van der Waals surface area contributed by atoms with Gasteiger partial charge in [0.05, 0.1) is 0 Å². The van der Waals surface area contributed by atoms with Gasteiger partial charge in [0.1, 0.15) is 5.82 Å². The Bertz CT molecular complexity index is 348. The van der Waals surface area contributed by atoms with Gasteiger partial charge in [0, 0.05) is 19.1 Å². The molecule has 0 saturated heterocycles. The molecule has 3 heteroatoms. The van der Waals surface area contributed by atoms with Crippen molar-refractivity contribution in [2.45, 2.75) is 39.8 Å². The second kappa shape index (κ2) is 8.28. The molecule has 1 rings (SSSR count). The molecule has 0 radical (unpaired) electrons. The van der Waals surface area contributed by atoms with E-state index >= 15 is 0 Å². The molecule has 0 aromatic heterocycles. The van der Waals surface area contributed by atoms with Crippen molar-refractivity contribution in [2.75, 3.05) is 20.1 Å². The van der Waals surface area contributed by atoms with E-state index in [1.54, 1.807) is 0 Å². The van der Waals surface area contributed by atoms with Gasteiger partial charge in [-0.1, -0.05) is 26.0 Å². The van der Waals surface area contributed by atoms with Crippen LogP contribution in [0.5, 0.6) is 0 Å². The van der Waals surface area contributed by atoms with Gasteiger partial charge in [-0.2, -0.15) is 0 Å². The Hall–Kier alpha value is -0.930. The summed E-state index contributed by atoms with van der Waals surface area (Å²) in [5, 5.41) is 3.49. The smallest absolute Gasteiger partial charge is 0.123 e. The van der Waals surface area contributed by atoms with Gasteiger partial charge in [-0.05, 0) is 50.6 Å². The van der Waals surface area contributed by atoms with Crippen molar-refractivity contribution in [3.05, 3.63) is 35.6 Å². The van der Waals surface area contributed by atoms with Gasteiger partial charge in [0.15, 0.2) is 0 Å². The van der Waals surface area contributed by atoms with E-state index in [9.17, 15) is 4.39 Å². The monoisotopic (exact) mass is 266 g/mol. The fraction of sp³-hybridized carbons (Fsp3) is 0.625. The Balaban J connectivity index is 2.28. The molecule has 1 aromatic carbocycles. The molecule has 0 bridgehead atoms. The second-order valence-electron chi connectivity index (χ2n) is 5.78. The lowest BCUT2D eigenvalue weighted by Gasteiger charge is -2.25. The molecular formula is C16H27FN2. The Morgan fingerprint density at radius 2 is 1.79 bits per heavy atom. The average molecular weight is 266 g/mol. The van der Waals surface area contributed by atoms with Crippen LogP contribution in [0.1, 0.15) is 32.8 Å². The zero-order valence-electron chi connectivity index (χ0n) is 12.6. The third-order valence-electron chi connectivity index (χ3n) is 3.44. The first-order valence-electron chi connectivity index (χ1n) is 7.14. The van der Waals surface area contributed by atoms with Crippen LogP contribution in [-0.4, -0.2) is 31.1 Å². The minimum Gasteiger partial charge on any atom is -0.315 e. The molecule has 0 aliphatic rings. The van der Waals surface area contributed by atoms with E-state index < -0.39 is 0 Å². The molecule has 1 atom stereocenters. The van der Waals surface area contributed by atoms with E-state index in [1.165, 1.54) is 18.6 Å². The summed E-state index contributed by atoms with van der Waals surface area (Å²) in [4.78, 5) is 2.29. The molecule has 1 N–H and O–H groups in total. The van der Waals surface area contributed by atoms with Crippen LogP contribution in [0.2, 0.25) is 0 Å². The number of hydrogen-bond donors (Lipinski definition) is 1. The minimum atomic E-state index is -0.171. The molecule has 108 valence electrons. The fourth-order valence-corrected chi connectivity index (χ4v) is 1.89. The van der Waals surface area contributed by atoms with Crippen molar-refractivity contribution >= 4 is 0 Å². The number of benzene rings is 1. The predicted molar refractivity (Wildman–Crippen MR) is 79.7 cm³/mol. The van der Waals surface area contributed by atoms with E-state index in [0.717, 1.165) is 31.1 Å². The van der Waals surface area contributed by atoms with Crippen LogP contribution in [0.25, 0.3) is 0 Å². The summed E-state index contributed by atoms with van der Waals surface area (Å²) in [6.07, 6.45) is 1.22. The summed E-state index contributed by atoms with van der Waals surface area (Å²) in [7, 11) is 2.11. The van der Waals surface area contributed by atoms with Gasteiger partial charge in [-0.25, -0.2) is 4.39 Å². The van der Waals surface area contributed by atoms with Crippen molar-refractivity contribution in [3.8, 4) is 0 Å². The zero-order chi connectivity index (χ0) is 14.3. The number of likely N-dealkylation sites (N-methyl/N-ethyl adjacent to an activating group) is 1. The first-order chi connectivity index (χ1) is 8.99. The molecule has 2 nitrogen and oxygen atoms in total. The molecular weight excluding hydrogens is 239 g/mol. The Morgan fingerprint density at radius 3 is 2.37 bits per heavy atom. The highest BCUT2D eigenvalue weighted by atomic mass is 19.1. The van der Waals surface area contributed by atoms with Crippen molar-refractivity contribution in [3.63, 3.8) is 0 Å². The molecule has 19 heavy (non-hydrogen) atoms. The highest BCUT2D eigenvalue weighted by Crippen LogP contribution is 2.07. The van der Waals surface area contributed by atoms with Gasteiger partial charge in [-0.3, -0.25) is 4.90 Å². The first kappa shape index (κ1) is 16.1. The van der Waals surface area contributed by atoms with E-state index in [1.807, 2.05) is 12.1 Å². The van der Waals surface area contributed by atoms with Gasteiger partial charge < -0.3 is 5.32 Å². The molecule has 0 saturated carbocycles. The van der Waals surface area contributed by atoms with Crippen LogP contribution in [0.3, 0.4) is 0 Å². The molecule has 0 fully saturated rings. The summed E-state index contributed by atoms with van der Waals surface area (Å²) in [6, 6.07) is 7.22. The largest absolute Gasteiger partial charge is 0.315 e. The lowest BCUT2D eigenvalue weighted by Crippen LogP contribution is -2.38. The summed E-state index contributed by atoms with van der Waals surface area (Å²) < 4.78 is 12.8. The van der Waals surface area contributed by atoms with E-state index in [0.29, 0.717) is 6.04 Å². The quantitative estimate of drug-likeness (QED) is 0.726. The van der Waals surface area contributed by atoms with Gasteiger partial charge in [0.25, 0.3) is 0 Å². The van der Waals surface area contributed by atoms with Crippen LogP contribution in [-0.2, 0) is 6.54 Å².